The lowest BCUT2D eigenvalue weighted by atomic mass is 10.0. The number of benzene rings is 1. The molecule has 1 aromatic carbocycles. The summed E-state index contributed by atoms with van der Waals surface area (Å²) in [7, 11) is 1.59. The van der Waals surface area contributed by atoms with Crippen molar-refractivity contribution in [2.24, 2.45) is 0 Å². The van der Waals surface area contributed by atoms with Gasteiger partial charge < -0.3 is 25.4 Å². The molecule has 1 aromatic heterocycles. The second kappa shape index (κ2) is 17.3. The highest BCUT2D eigenvalue weighted by molar-refractivity contribution is 5.94. The van der Waals surface area contributed by atoms with Crippen LogP contribution >= 0.6 is 0 Å². The number of ether oxygens (including phenoxy) is 2. The summed E-state index contributed by atoms with van der Waals surface area (Å²) in [5.74, 6) is 1.74. The predicted octanol–water partition coefficient (Wildman–Crippen LogP) is 4.75. The average Bonchev–Trinajstić information content (AvgIpc) is 3.54. The van der Waals surface area contributed by atoms with E-state index in [0.29, 0.717) is 49.7 Å². The molecule has 3 N–H and O–H groups in total. The fourth-order valence-electron chi connectivity index (χ4n) is 3.86. The molecule has 9 nitrogen and oxygen atoms in total. The molecule has 2 fully saturated rings. The maximum atomic E-state index is 13.5. The van der Waals surface area contributed by atoms with Gasteiger partial charge >= 0.3 is 0 Å². The molecule has 2 aromatic rings. The van der Waals surface area contributed by atoms with Crippen molar-refractivity contribution in [2.45, 2.75) is 84.0 Å². The van der Waals surface area contributed by atoms with Crippen LogP contribution in [0.5, 0.6) is 5.75 Å². The first-order valence-corrected chi connectivity index (χ1v) is 13.8. The van der Waals surface area contributed by atoms with Crippen molar-refractivity contribution < 1.29 is 23.5 Å². The highest BCUT2D eigenvalue weighted by Crippen LogP contribution is 2.42. The number of amides is 2. The third-order valence-electron chi connectivity index (χ3n) is 6.20. The molecule has 0 aliphatic heterocycles. The number of anilines is 1. The number of nitrogens with zero attached hydrogens (tertiary/aromatic N) is 2. The number of alkyl halides is 1. The Morgan fingerprint density at radius 3 is 2.26 bits per heavy atom. The van der Waals surface area contributed by atoms with Gasteiger partial charge in [0.1, 0.15) is 29.2 Å². The summed E-state index contributed by atoms with van der Waals surface area (Å²) in [5, 5.41) is 8.42. The van der Waals surface area contributed by atoms with Crippen LogP contribution in [0.25, 0.3) is 0 Å². The van der Waals surface area contributed by atoms with E-state index in [4.69, 9.17) is 4.74 Å². The summed E-state index contributed by atoms with van der Waals surface area (Å²) in [4.78, 5) is 30.4. The normalized spacial score (nSPS) is 19.3. The van der Waals surface area contributed by atoms with Crippen molar-refractivity contribution in [3.8, 4) is 5.75 Å². The Bertz CT molecular complexity index is 988. The highest BCUT2D eigenvalue weighted by atomic mass is 19.1. The largest absolute Gasteiger partial charge is 0.487 e. The zero-order valence-electron chi connectivity index (χ0n) is 23.7. The Morgan fingerprint density at radius 1 is 1.13 bits per heavy atom. The Morgan fingerprint density at radius 2 is 1.74 bits per heavy atom. The molecule has 2 atom stereocenters. The predicted molar refractivity (Wildman–Crippen MR) is 151 cm³/mol. The van der Waals surface area contributed by atoms with Gasteiger partial charge in [-0.1, -0.05) is 38.5 Å². The third-order valence-corrected chi connectivity index (χ3v) is 6.20. The molecule has 0 bridgehead atoms. The first-order valence-electron chi connectivity index (χ1n) is 13.8. The Hall–Kier alpha value is -3.27. The molecule has 2 unspecified atom stereocenters. The van der Waals surface area contributed by atoms with Gasteiger partial charge in [0.25, 0.3) is 5.91 Å². The molecule has 1 heterocycles. The molecule has 10 heteroatoms. The van der Waals surface area contributed by atoms with Gasteiger partial charge in [-0.25, -0.2) is 14.4 Å². The van der Waals surface area contributed by atoms with Crippen LogP contribution in [0.4, 0.5) is 10.2 Å². The van der Waals surface area contributed by atoms with Gasteiger partial charge in [0, 0.05) is 38.2 Å². The van der Waals surface area contributed by atoms with Crippen molar-refractivity contribution in [2.75, 3.05) is 32.1 Å². The van der Waals surface area contributed by atoms with E-state index in [1.807, 2.05) is 19.9 Å². The molecule has 2 amide bonds. The van der Waals surface area contributed by atoms with Crippen LogP contribution in [-0.4, -0.2) is 60.9 Å². The van der Waals surface area contributed by atoms with Crippen molar-refractivity contribution in [3.05, 3.63) is 47.4 Å². The zero-order chi connectivity index (χ0) is 28.5. The van der Waals surface area contributed by atoms with Crippen LogP contribution in [0, 0.1) is 6.92 Å². The number of aromatic nitrogens is 2. The number of carbonyl (C=O) groups excluding carboxylic acids is 2. The monoisotopic (exact) mass is 545 g/mol. The maximum absolute atomic E-state index is 13.5. The van der Waals surface area contributed by atoms with Gasteiger partial charge in [-0.15, -0.1) is 0 Å². The number of carbonyl (C=O) groups is 2. The summed E-state index contributed by atoms with van der Waals surface area (Å²) < 4.78 is 23.7. The van der Waals surface area contributed by atoms with E-state index in [9.17, 15) is 14.0 Å². The van der Waals surface area contributed by atoms with Crippen LogP contribution < -0.4 is 20.7 Å². The van der Waals surface area contributed by atoms with E-state index in [1.165, 1.54) is 45.4 Å². The van der Waals surface area contributed by atoms with Gasteiger partial charge in [0.15, 0.2) is 0 Å². The molecule has 2 saturated carbocycles. The van der Waals surface area contributed by atoms with E-state index in [-0.39, 0.29) is 5.91 Å². The van der Waals surface area contributed by atoms with Crippen LogP contribution in [0.15, 0.2) is 30.3 Å². The van der Waals surface area contributed by atoms with Crippen molar-refractivity contribution in [3.63, 3.8) is 0 Å². The lowest BCUT2D eigenvalue weighted by Gasteiger charge is -2.09. The van der Waals surface area contributed by atoms with Crippen molar-refractivity contribution in [1.29, 1.82) is 0 Å². The van der Waals surface area contributed by atoms with Crippen LogP contribution in [0.1, 0.15) is 80.7 Å². The lowest BCUT2D eigenvalue weighted by Crippen LogP contribution is -2.23. The zero-order valence-corrected chi connectivity index (χ0v) is 23.7. The third kappa shape index (κ3) is 12.9. The number of hydrogen-bond donors (Lipinski definition) is 3. The topological polar surface area (TPSA) is 114 Å². The Kier molecular flexibility index (Phi) is 14.2. The molecule has 2 aliphatic carbocycles. The van der Waals surface area contributed by atoms with Crippen LogP contribution in [0.2, 0.25) is 0 Å². The number of hydrogen-bond acceptors (Lipinski definition) is 7. The van der Waals surface area contributed by atoms with E-state index in [2.05, 4.69) is 30.7 Å². The molecule has 4 rings (SSSR count). The first-order chi connectivity index (χ1) is 18.8. The van der Waals surface area contributed by atoms with E-state index in [1.54, 1.807) is 31.4 Å². The number of aryl methyl sites for hydroxylation is 1. The van der Waals surface area contributed by atoms with Crippen LogP contribution in [-0.2, 0) is 16.1 Å². The number of methoxy groups -OCH3 is 1. The summed E-state index contributed by atoms with van der Waals surface area (Å²) >= 11 is 0. The highest BCUT2D eigenvalue weighted by Gasteiger charge is 2.53. The minimum atomic E-state index is -1.24. The summed E-state index contributed by atoms with van der Waals surface area (Å²) in [5.41, 5.74) is 0.00330. The van der Waals surface area contributed by atoms with Crippen molar-refractivity contribution >= 4 is 18.1 Å². The minimum Gasteiger partial charge on any atom is -0.487 e. The summed E-state index contributed by atoms with van der Waals surface area (Å²) in [6, 6.07) is 8.51. The van der Waals surface area contributed by atoms with E-state index in [0.717, 1.165) is 18.1 Å². The lowest BCUT2D eigenvalue weighted by molar-refractivity contribution is -0.109. The quantitative estimate of drug-likeness (QED) is 0.276. The fourth-order valence-corrected chi connectivity index (χ4v) is 3.86. The molecule has 0 radical (unpaired) electrons. The summed E-state index contributed by atoms with van der Waals surface area (Å²) in [6.45, 7) is 7.57. The van der Waals surface area contributed by atoms with Crippen molar-refractivity contribution in [1.82, 2.24) is 20.6 Å². The number of nitrogens with one attached hydrogen (secondary N) is 3. The fraction of sp³-hybridized carbons (Fsp3) is 0.586. The molecule has 39 heavy (non-hydrogen) atoms. The molecule has 0 spiro atoms. The second-order valence-electron chi connectivity index (χ2n) is 9.80. The minimum absolute atomic E-state index is 0.209. The van der Waals surface area contributed by atoms with E-state index < -0.39 is 11.8 Å². The second-order valence-corrected chi connectivity index (χ2v) is 9.80. The SMILES string of the molecule is C1CCCCC1.CCNc1cc(CNC(=O)c2ccc(OC3CC3(C)F)cc2)nc(C)n1.COCCNC=O. The number of halogens is 1. The summed E-state index contributed by atoms with van der Waals surface area (Å²) in [6.07, 6.45) is 9.66. The van der Waals surface area contributed by atoms with E-state index >= 15 is 0 Å². The molecule has 0 saturated heterocycles. The Balaban J connectivity index is 0.000000336. The number of rotatable bonds is 11. The van der Waals surface area contributed by atoms with Gasteiger partial charge in [0.2, 0.25) is 6.41 Å². The molecular formula is C29H44FN5O4. The first kappa shape index (κ1) is 31.9. The van der Waals surface area contributed by atoms with Gasteiger partial charge in [-0.05, 0) is 45.0 Å². The Labute approximate surface area is 231 Å². The smallest absolute Gasteiger partial charge is 0.251 e. The van der Waals surface area contributed by atoms with Crippen LogP contribution in [0.3, 0.4) is 0 Å². The molecular weight excluding hydrogens is 501 g/mol. The van der Waals surface area contributed by atoms with Gasteiger partial charge in [-0.3, -0.25) is 9.59 Å². The standard InChI is InChI=1S/C19H23FN4O2.C6H12.C4H9NO2/c1-4-21-17-9-14(23-12(2)24-17)11-22-18(25)13-5-7-15(8-6-13)26-16-10-19(16,3)20;1-2-4-6-5-3-1;1-7-3-2-5-4-6/h5-9,16H,4,10-11H2,1-3H3,(H,22,25)(H,21,23,24);1-6H2;4H,2-3H2,1H3,(H,5,6). The maximum Gasteiger partial charge on any atom is 0.251 e. The van der Waals surface area contributed by atoms with Gasteiger partial charge in [0.05, 0.1) is 18.8 Å². The van der Waals surface area contributed by atoms with Gasteiger partial charge in [-0.2, -0.15) is 0 Å². The molecule has 2 aliphatic rings. The molecule has 216 valence electrons. The average molecular weight is 546 g/mol.